The van der Waals surface area contributed by atoms with Gasteiger partial charge in [-0.05, 0) is 43.7 Å². The first-order valence-electron chi connectivity index (χ1n) is 6.73. The van der Waals surface area contributed by atoms with Crippen molar-refractivity contribution < 1.29 is 0 Å². The molecular weight excluding hydrogens is 293 g/mol. The second-order valence-electron chi connectivity index (χ2n) is 4.82. The Kier molecular flexibility index (Phi) is 5.08. The average molecular weight is 312 g/mol. The van der Waals surface area contributed by atoms with Crippen LogP contribution >= 0.6 is 23.2 Å². The molecule has 0 spiro atoms. The van der Waals surface area contributed by atoms with Crippen molar-refractivity contribution in [1.82, 2.24) is 15.1 Å². The first-order chi connectivity index (χ1) is 9.58. The normalized spacial score (nSPS) is 12.7. The van der Waals surface area contributed by atoms with E-state index in [1.54, 1.807) is 6.20 Å². The Bertz CT molecular complexity index is 593. The first kappa shape index (κ1) is 15.4. The SMILES string of the molecule is CCCn1ncc(Cl)c1C(NC)c1ccc(Cl)cc1C. The standard InChI is InChI=1S/C15H19Cl2N3/c1-4-7-20-15(13(17)9-19-20)14(18-3)12-6-5-11(16)8-10(12)2/h5-6,8-9,14,18H,4,7H2,1-3H3. The first-order valence-corrected chi connectivity index (χ1v) is 7.48. The molecule has 20 heavy (non-hydrogen) atoms. The van der Waals surface area contributed by atoms with Crippen molar-refractivity contribution in [3.05, 3.63) is 51.3 Å². The highest BCUT2D eigenvalue weighted by molar-refractivity contribution is 6.31. The maximum atomic E-state index is 6.34. The van der Waals surface area contributed by atoms with Crippen LogP contribution in [0.15, 0.2) is 24.4 Å². The van der Waals surface area contributed by atoms with Gasteiger partial charge in [0.1, 0.15) is 0 Å². The number of nitrogens with zero attached hydrogens (tertiary/aromatic N) is 2. The summed E-state index contributed by atoms with van der Waals surface area (Å²) in [5, 5.41) is 9.13. The summed E-state index contributed by atoms with van der Waals surface area (Å²) in [5.74, 6) is 0. The van der Waals surface area contributed by atoms with Crippen molar-refractivity contribution in [3.63, 3.8) is 0 Å². The summed E-state index contributed by atoms with van der Waals surface area (Å²) in [6, 6.07) is 5.92. The molecule has 1 aromatic carbocycles. The maximum absolute atomic E-state index is 6.34. The van der Waals surface area contributed by atoms with E-state index in [9.17, 15) is 0 Å². The number of aryl methyl sites for hydroxylation is 2. The molecule has 0 radical (unpaired) electrons. The molecular formula is C15H19Cl2N3. The lowest BCUT2D eigenvalue weighted by Crippen LogP contribution is -2.22. The summed E-state index contributed by atoms with van der Waals surface area (Å²) in [6.07, 6.45) is 2.73. The van der Waals surface area contributed by atoms with Gasteiger partial charge in [0.2, 0.25) is 0 Å². The van der Waals surface area contributed by atoms with Crippen molar-refractivity contribution in [1.29, 1.82) is 0 Å². The number of hydrogen-bond donors (Lipinski definition) is 1. The molecule has 1 aromatic heterocycles. The monoisotopic (exact) mass is 311 g/mol. The third kappa shape index (κ3) is 3.00. The van der Waals surface area contributed by atoms with E-state index in [-0.39, 0.29) is 6.04 Å². The number of aromatic nitrogens is 2. The largest absolute Gasteiger partial charge is 0.308 e. The number of benzene rings is 1. The second-order valence-corrected chi connectivity index (χ2v) is 5.67. The Morgan fingerprint density at radius 1 is 1.35 bits per heavy atom. The molecule has 0 bridgehead atoms. The highest BCUT2D eigenvalue weighted by atomic mass is 35.5. The van der Waals surface area contributed by atoms with Crippen LogP contribution in [-0.2, 0) is 6.54 Å². The lowest BCUT2D eigenvalue weighted by atomic mass is 9.98. The van der Waals surface area contributed by atoms with Gasteiger partial charge < -0.3 is 5.32 Å². The Balaban J connectivity index is 2.49. The highest BCUT2D eigenvalue weighted by Gasteiger charge is 2.22. The topological polar surface area (TPSA) is 29.9 Å². The Labute approximate surface area is 129 Å². The van der Waals surface area contributed by atoms with Gasteiger partial charge in [-0.2, -0.15) is 5.10 Å². The van der Waals surface area contributed by atoms with Crippen LogP contribution in [0, 0.1) is 6.92 Å². The Morgan fingerprint density at radius 2 is 2.10 bits per heavy atom. The molecule has 0 aliphatic heterocycles. The lowest BCUT2D eigenvalue weighted by Gasteiger charge is -2.21. The molecule has 0 aliphatic rings. The summed E-state index contributed by atoms with van der Waals surface area (Å²) in [6.45, 7) is 5.04. The van der Waals surface area contributed by atoms with E-state index in [1.807, 2.05) is 29.9 Å². The van der Waals surface area contributed by atoms with Gasteiger partial charge in [0, 0.05) is 11.6 Å². The molecule has 5 heteroatoms. The van der Waals surface area contributed by atoms with Gasteiger partial charge in [0.25, 0.3) is 0 Å². The molecule has 2 rings (SSSR count). The molecule has 3 nitrogen and oxygen atoms in total. The third-order valence-electron chi connectivity index (χ3n) is 3.37. The van der Waals surface area contributed by atoms with Gasteiger partial charge >= 0.3 is 0 Å². The van der Waals surface area contributed by atoms with E-state index in [4.69, 9.17) is 23.2 Å². The van der Waals surface area contributed by atoms with Crippen molar-refractivity contribution in [2.75, 3.05) is 7.05 Å². The summed E-state index contributed by atoms with van der Waals surface area (Å²) in [4.78, 5) is 0. The van der Waals surface area contributed by atoms with Crippen molar-refractivity contribution >= 4 is 23.2 Å². The minimum atomic E-state index is 0.00816. The van der Waals surface area contributed by atoms with Gasteiger partial charge in [-0.3, -0.25) is 4.68 Å². The molecule has 1 N–H and O–H groups in total. The molecule has 0 aliphatic carbocycles. The minimum Gasteiger partial charge on any atom is -0.308 e. The van der Waals surface area contributed by atoms with Gasteiger partial charge in [-0.25, -0.2) is 0 Å². The van der Waals surface area contributed by atoms with Crippen LogP contribution in [0.3, 0.4) is 0 Å². The van der Waals surface area contributed by atoms with Crippen LogP contribution < -0.4 is 5.32 Å². The molecule has 108 valence electrons. The van der Waals surface area contributed by atoms with E-state index < -0.39 is 0 Å². The molecule has 0 saturated carbocycles. The number of hydrogen-bond acceptors (Lipinski definition) is 2. The zero-order chi connectivity index (χ0) is 14.7. The van der Waals surface area contributed by atoms with Crippen LogP contribution in [0.4, 0.5) is 0 Å². The summed E-state index contributed by atoms with van der Waals surface area (Å²) < 4.78 is 1.97. The van der Waals surface area contributed by atoms with Gasteiger partial charge in [0.15, 0.2) is 0 Å². The van der Waals surface area contributed by atoms with Gasteiger partial charge in [0.05, 0.1) is 23.0 Å². The molecule has 1 atom stereocenters. The van der Waals surface area contributed by atoms with E-state index >= 15 is 0 Å². The van der Waals surface area contributed by atoms with E-state index in [2.05, 4.69) is 24.3 Å². The van der Waals surface area contributed by atoms with Crippen LogP contribution in [0.25, 0.3) is 0 Å². The zero-order valence-electron chi connectivity index (χ0n) is 12.0. The Morgan fingerprint density at radius 3 is 2.70 bits per heavy atom. The van der Waals surface area contributed by atoms with Crippen molar-refractivity contribution in [2.24, 2.45) is 0 Å². The number of halogens is 2. The lowest BCUT2D eigenvalue weighted by molar-refractivity contribution is 0.534. The summed E-state index contributed by atoms with van der Waals surface area (Å²) in [5.41, 5.74) is 3.30. The highest BCUT2D eigenvalue weighted by Crippen LogP contribution is 2.31. The quantitative estimate of drug-likeness (QED) is 0.896. The second kappa shape index (κ2) is 6.61. The fourth-order valence-corrected chi connectivity index (χ4v) is 2.93. The van der Waals surface area contributed by atoms with Crippen molar-refractivity contribution in [3.8, 4) is 0 Å². The average Bonchev–Trinajstić information content (AvgIpc) is 2.75. The van der Waals surface area contributed by atoms with E-state index in [1.165, 1.54) is 0 Å². The van der Waals surface area contributed by atoms with Crippen LogP contribution in [0.1, 0.15) is 36.2 Å². The van der Waals surface area contributed by atoms with Crippen LogP contribution in [-0.4, -0.2) is 16.8 Å². The predicted octanol–water partition coefficient (Wildman–Crippen LogP) is 4.22. The molecule has 0 amide bonds. The van der Waals surface area contributed by atoms with Gasteiger partial charge in [-0.15, -0.1) is 0 Å². The number of rotatable bonds is 5. The summed E-state index contributed by atoms with van der Waals surface area (Å²) >= 11 is 12.4. The van der Waals surface area contributed by atoms with Gasteiger partial charge in [-0.1, -0.05) is 36.2 Å². The fourth-order valence-electron chi connectivity index (χ4n) is 2.45. The smallest absolute Gasteiger partial charge is 0.0837 e. The molecule has 0 saturated heterocycles. The van der Waals surface area contributed by atoms with Crippen molar-refractivity contribution in [2.45, 2.75) is 32.9 Å². The predicted molar refractivity (Wildman–Crippen MR) is 84.6 cm³/mol. The Hall–Kier alpha value is -1.03. The molecule has 1 heterocycles. The minimum absolute atomic E-state index is 0.00816. The van der Waals surface area contributed by atoms with Crippen LogP contribution in [0.2, 0.25) is 10.0 Å². The maximum Gasteiger partial charge on any atom is 0.0837 e. The van der Waals surface area contributed by atoms with Crippen LogP contribution in [0.5, 0.6) is 0 Å². The molecule has 2 aromatic rings. The van der Waals surface area contributed by atoms with E-state index in [0.717, 1.165) is 34.8 Å². The fraction of sp³-hybridized carbons (Fsp3) is 0.400. The van der Waals surface area contributed by atoms with E-state index in [0.29, 0.717) is 5.02 Å². The third-order valence-corrected chi connectivity index (χ3v) is 3.90. The molecule has 1 unspecified atom stereocenters. The zero-order valence-corrected chi connectivity index (χ0v) is 13.5. The summed E-state index contributed by atoms with van der Waals surface area (Å²) in [7, 11) is 1.93. The number of nitrogens with one attached hydrogen (secondary N) is 1. The molecule has 0 fully saturated rings.